The third kappa shape index (κ3) is 32.1. The van der Waals surface area contributed by atoms with Crippen LogP contribution in [0.3, 0.4) is 0 Å². The first-order valence-corrected chi connectivity index (χ1v) is 19.1. The summed E-state index contributed by atoms with van der Waals surface area (Å²) in [5.41, 5.74) is 0. The molecule has 0 aliphatic heterocycles. The van der Waals surface area contributed by atoms with E-state index in [1.54, 1.807) is 0 Å². The predicted octanol–water partition coefficient (Wildman–Crippen LogP) is 10.8. The van der Waals surface area contributed by atoms with E-state index in [4.69, 9.17) is 9.78 Å². The predicted molar refractivity (Wildman–Crippen MR) is 186 cm³/mol. The first-order chi connectivity index (χ1) is 22.3. The van der Waals surface area contributed by atoms with Gasteiger partial charge in [-0.05, 0) is 38.5 Å². The Kier molecular flexibility index (Phi) is 42.4. The van der Waals surface area contributed by atoms with Crippen LogP contribution in [0.4, 0.5) is 0 Å². The first kappa shape index (κ1) is 50.5. The number of unbranched alkanes of at least 4 members (excludes halogenated alkanes) is 16. The average molecular weight is 748 g/mol. The third-order valence-electron chi connectivity index (χ3n) is 8.37. The number of carbonyl (C=O) groups is 4. The maximum Gasteiger partial charge on any atom is 0.408 e. The summed E-state index contributed by atoms with van der Waals surface area (Å²) in [4.78, 5) is 66.0. The smallest absolute Gasteiger partial charge is 0.289 e. The van der Waals surface area contributed by atoms with Gasteiger partial charge in [-0.3, -0.25) is 19.4 Å². The van der Waals surface area contributed by atoms with Crippen LogP contribution in [0.25, 0.3) is 0 Å². The van der Waals surface area contributed by atoms with E-state index in [1.807, 2.05) is 27.7 Å². The minimum Gasteiger partial charge on any atom is -0.289 e. The quantitative estimate of drug-likeness (QED) is 0.0290. The van der Waals surface area contributed by atoms with Gasteiger partial charge >= 0.3 is 11.9 Å². The topological polar surface area (TPSA) is 105 Å². The van der Waals surface area contributed by atoms with Crippen LogP contribution >= 0.6 is 0 Å². The molecule has 2 atom stereocenters. The van der Waals surface area contributed by atoms with Crippen molar-refractivity contribution in [3.63, 3.8) is 0 Å². The Bertz CT molecular complexity index is 670. The summed E-state index contributed by atoms with van der Waals surface area (Å²) < 4.78 is 0. The van der Waals surface area contributed by atoms with E-state index in [0.29, 0.717) is 26.1 Å². The van der Waals surface area contributed by atoms with Crippen LogP contribution in [0, 0.1) is 11.8 Å². The maximum absolute atomic E-state index is 12.0. The standard InChI is InChI=1S/2C19H36O4.Zr/c2*1-4-7-9-10-11-12-13-14-15-17(6-3)18(20)19(21)23-22-16-8-5-2;/h2*17H,4-16H2,1-3H3;. The monoisotopic (exact) mass is 746 g/mol. The Morgan fingerprint density at radius 2 is 0.681 bits per heavy atom. The Hall–Kier alpha value is -0.917. The fourth-order valence-corrected chi connectivity index (χ4v) is 5.10. The first-order valence-electron chi connectivity index (χ1n) is 19.1. The molecule has 9 heteroatoms. The van der Waals surface area contributed by atoms with Gasteiger partial charge in [-0.25, -0.2) is 9.59 Å². The molecule has 2 unspecified atom stereocenters. The van der Waals surface area contributed by atoms with E-state index < -0.39 is 23.5 Å². The van der Waals surface area contributed by atoms with Crippen LogP contribution in [0.1, 0.15) is 196 Å². The summed E-state index contributed by atoms with van der Waals surface area (Å²) in [5, 5.41) is 0. The fraction of sp³-hybridized carbons (Fsp3) is 0.895. The molecule has 0 fully saturated rings. The number of ketones is 2. The van der Waals surface area contributed by atoms with Crippen molar-refractivity contribution in [3.05, 3.63) is 0 Å². The molecule has 0 bridgehead atoms. The molecule has 0 aliphatic carbocycles. The molecular formula is C38H72O8Zr. The molecule has 47 heavy (non-hydrogen) atoms. The number of hydrogen-bond acceptors (Lipinski definition) is 8. The summed E-state index contributed by atoms with van der Waals surface area (Å²) in [6, 6.07) is 0. The molecular weight excluding hydrogens is 676 g/mol. The van der Waals surface area contributed by atoms with Gasteiger partial charge in [0.25, 0.3) is 0 Å². The van der Waals surface area contributed by atoms with E-state index in [2.05, 4.69) is 23.6 Å². The zero-order valence-corrected chi connectivity index (χ0v) is 33.8. The van der Waals surface area contributed by atoms with E-state index in [9.17, 15) is 19.2 Å². The molecule has 0 aromatic rings. The van der Waals surface area contributed by atoms with Gasteiger partial charge in [-0.15, -0.1) is 0 Å². The summed E-state index contributed by atoms with van der Waals surface area (Å²) in [6.45, 7) is 13.1. The molecule has 0 saturated carbocycles. The fourth-order valence-electron chi connectivity index (χ4n) is 5.10. The van der Waals surface area contributed by atoms with Gasteiger partial charge in [0.1, 0.15) is 0 Å². The second-order valence-electron chi connectivity index (χ2n) is 12.6. The molecule has 0 aromatic heterocycles. The molecule has 276 valence electrons. The maximum atomic E-state index is 12.0. The second kappa shape index (κ2) is 39.5. The molecule has 0 N–H and O–H groups in total. The SMILES string of the molecule is CCCCCCCCCCC(CC)C(=O)C(=O)OOCCCC.CCCCCCCCCCC(CC)C(=O)C(=O)OOCCCC.[Zr]. The number of Topliss-reactive ketones (excluding diaryl/α,β-unsaturated/α-hetero) is 2. The normalized spacial score (nSPS) is 11.9. The average Bonchev–Trinajstić information content (AvgIpc) is 3.07. The molecule has 8 nitrogen and oxygen atoms in total. The van der Waals surface area contributed by atoms with Crippen molar-refractivity contribution in [3.8, 4) is 0 Å². The largest absolute Gasteiger partial charge is 0.408 e. The van der Waals surface area contributed by atoms with Crippen molar-refractivity contribution in [1.82, 2.24) is 0 Å². The van der Waals surface area contributed by atoms with Crippen LogP contribution in [-0.2, 0) is 64.9 Å². The number of rotatable bonds is 32. The van der Waals surface area contributed by atoms with Gasteiger partial charge in [0.2, 0.25) is 11.6 Å². The van der Waals surface area contributed by atoms with E-state index in [-0.39, 0.29) is 38.0 Å². The molecule has 0 amide bonds. The molecule has 0 rings (SSSR count). The Morgan fingerprint density at radius 1 is 0.404 bits per heavy atom. The summed E-state index contributed by atoms with van der Waals surface area (Å²) >= 11 is 0. The number of carbonyl (C=O) groups excluding carboxylic acids is 4. The second-order valence-corrected chi connectivity index (χ2v) is 12.6. The molecule has 0 spiro atoms. The van der Waals surface area contributed by atoms with Gasteiger partial charge in [0.15, 0.2) is 0 Å². The van der Waals surface area contributed by atoms with Gasteiger partial charge in [0.05, 0.1) is 13.2 Å². The zero-order valence-electron chi connectivity index (χ0n) is 31.3. The van der Waals surface area contributed by atoms with E-state index in [0.717, 1.165) is 64.2 Å². The van der Waals surface area contributed by atoms with Crippen molar-refractivity contribution < 1.29 is 64.9 Å². The summed E-state index contributed by atoms with van der Waals surface area (Å²) in [5.74, 6) is -3.01. The Labute approximate surface area is 307 Å². The van der Waals surface area contributed by atoms with Crippen LogP contribution in [-0.4, -0.2) is 36.7 Å². The van der Waals surface area contributed by atoms with Crippen molar-refractivity contribution in [1.29, 1.82) is 0 Å². The van der Waals surface area contributed by atoms with Crippen LogP contribution in [0.15, 0.2) is 0 Å². The minimum absolute atomic E-state index is 0. The molecule has 0 aromatic carbocycles. The Balaban J connectivity index is -0.000000807. The minimum atomic E-state index is -0.840. The van der Waals surface area contributed by atoms with Crippen molar-refractivity contribution in [2.75, 3.05) is 13.2 Å². The van der Waals surface area contributed by atoms with Crippen LogP contribution < -0.4 is 0 Å². The summed E-state index contributed by atoms with van der Waals surface area (Å²) in [7, 11) is 0. The van der Waals surface area contributed by atoms with Gasteiger partial charge in [0, 0.05) is 38.0 Å². The van der Waals surface area contributed by atoms with E-state index >= 15 is 0 Å². The summed E-state index contributed by atoms with van der Waals surface area (Å²) in [6.07, 6.45) is 26.2. The third-order valence-corrected chi connectivity index (χ3v) is 8.37. The van der Waals surface area contributed by atoms with Gasteiger partial charge in [-0.1, -0.05) is 157 Å². The Morgan fingerprint density at radius 3 is 0.957 bits per heavy atom. The van der Waals surface area contributed by atoms with Crippen molar-refractivity contribution in [2.45, 2.75) is 196 Å². The zero-order chi connectivity index (χ0) is 34.7. The van der Waals surface area contributed by atoms with Crippen LogP contribution in [0.5, 0.6) is 0 Å². The molecule has 0 aliphatic rings. The molecule has 0 radical (unpaired) electrons. The van der Waals surface area contributed by atoms with Crippen molar-refractivity contribution >= 4 is 23.5 Å². The van der Waals surface area contributed by atoms with Crippen LogP contribution in [0.2, 0.25) is 0 Å². The van der Waals surface area contributed by atoms with E-state index in [1.165, 1.54) is 77.0 Å². The number of hydrogen-bond donors (Lipinski definition) is 0. The van der Waals surface area contributed by atoms with Gasteiger partial charge in [-0.2, -0.15) is 9.78 Å². The van der Waals surface area contributed by atoms with Gasteiger partial charge < -0.3 is 0 Å². The molecule has 0 saturated heterocycles. The molecule has 0 heterocycles. The van der Waals surface area contributed by atoms with Crippen molar-refractivity contribution in [2.24, 2.45) is 11.8 Å².